The molecule has 0 unspecified atom stereocenters. The maximum atomic E-state index is 7.65. The average molecular weight is 515 g/mol. The molecule has 33 heavy (non-hydrogen) atoms. The molecular weight excluding hydrogens is 474 g/mol. The van der Waals surface area contributed by atoms with Crippen molar-refractivity contribution in [2.45, 2.75) is 40.0 Å². The van der Waals surface area contributed by atoms with Crippen molar-refractivity contribution in [3.8, 4) is 0 Å². The minimum absolute atomic E-state index is 0.535. The molecule has 180 valence electrons. The van der Waals surface area contributed by atoms with E-state index in [9.17, 15) is 0 Å². The first-order chi connectivity index (χ1) is 15.8. The Morgan fingerprint density at radius 2 is 1.88 bits per heavy atom. The van der Waals surface area contributed by atoms with Gasteiger partial charge in [-0.15, -0.1) is 0 Å². The minimum atomic E-state index is 0.535. The van der Waals surface area contributed by atoms with Gasteiger partial charge in [0, 0.05) is 53.2 Å². The molecule has 1 aliphatic carbocycles. The first kappa shape index (κ1) is 28.5. The summed E-state index contributed by atoms with van der Waals surface area (Å²) >= 11 is 3.53. The van der Waals surface area contributed by atoms with Gasteiger partial charge in [0.2, 0.25) is 0 Å². The van der Waals surface area contributed by atoms with Crippen molar-refractivity contribution in [2.75, 3.05) is 19.6 Å². The van der Waals surface area contributed by atoms with E-state index in [0.717, 1.165) is 51.5 Å². The Kier molecular flexibility index (Phi) is 13.9. The highest BCUT2D eigenvalue weighted by molar-refractivity contribution is 9.11. The molecule has 1 aliphatic rings. The molecule has 0 aromatic carbocycles. The molecule has 0 aliphatic heterocycles. The number of nitrogens with one attached hydrogen (secondary N) is 4. The molecular formula is C27H40BrN5. The summed E-state index contributed by atoms with van der Waals surface area (Å²) in [6.45, 7) is 16.2. The molecule has 0 aromatic heterocycles. The molecule has 1 fully saturated rings. The average Bonchev–Trinajstić information content (AvgIpc) is 2.76. The lowest BCUT2D eigenvalue weighted by Crippen LogP contribution is -2.28. The summed E-state index contributed by atoms with van der Waals surface area (Å²) in [5.41, 5.74) is 11.1. The number of hydrogen-bond donors (Lipinski definition) is 5. The van der Waals surface area contributed by atoms with Gasteiger partial charge in [-0.05, 0) is 68.9 Å². The summed E-state index contributed by atoms with van der Waals surface area (Å²) in [7, 11) is 0. The van der Waals surface area contributed by atoms with Gasteiger partial charge >= 0.3 is 0 Å². The van der Waals surface area contributed by atoms with Gasteiger partial charge in [0.1, 0.15) is 0 Å². The highest BCUT2D eigenvalue weighted by Crippen LogP contribution is 2.26. The highest BCUT2D eigenvalue weighted by Gasteiger charge is 2.16. The molecule has 0 radical (unpaired) electrons. The van der Waals surface area contributed by atoms with Crippen molar-refractivity contribution in [3.05, 3.63) is 94.6 Å². The van der Waals surface area contributed by atoms with Gasteiger partial charge in [-0.25, -0.2) is 0 Å². The smallest absolute Gasteiger partial charge is 0.0374 e. The number of halogens is 1. The monoisotopic (exact) mass is 513 g/mol. The number of rotatable bonds is 15. The predicted molar refractivity (Wildman–Crippen MR) is 148 cm³/mol. The zero-order valence-corrected chi connectivity index (χ0v) is 21.9. The third-order valence-corrected chi connectivity index (χ3v) is 6.02. The van der Waals surface area contributed by atoms with Crippen LogP contribution in [0, 0.1) is 11.3 Å². The fraction of sp³-hybridized carbons (Fsp3) is 0.370. The number of allylic oxidation sites excluding steroid dienone is 6. The van der Waals surface area contributed by atoms with Crippen molar-refractivity contribution in [1.82, 2.24) is 16.0 Å². The summed E-state index contributed by atoms with van der Waals surface area (Å²) in [4.78, 5) is 0. The Hall–Kier alpha value is -2.57. The quantitative estimate of drug-likeness (QED) is 0.143. The summed E-state index contributed by atoms with van der Waals surface area (Å²) in [6.07, 6.45) is 19.0. The molecule has 0 heterocycles. The van der Waals surface area contributed by atoms with Gasteiger partial charge in [0.05, 0.1) is 0 Å². The van der Waals surface area contributed by atoms with Crippen molar-refractivity contribution in [2.24, 2.45) is 11.7 Å². The molecule has 5 nitrogen and oxygen atoms in total. The summed E-state index contributed by atoms with van der Waals surface area (Å²) < 4.78 is 0.853. The van der Waals surface area contributed by atoms with Crippen molar-refractivity contribution < 1.29 is 0 Å². The highest BCUT2D eigenvalue weighted by atomic mass is 79.9. The van der Waals surface area contributed by atoms with Gasteiger partial charge in [-0.2, -0.15) is 0 Å². The zero-order chi connectivity index (χ0) is 24.6. The molecule has 1 rings (SSSR count). The third kappa shape index (κ3) is 11.2. The van der Waals surface area contributed by atoms with Crippen LogP contribution < -0.4 is 21.7 Å². The van der Waals surface area contributed by atoms with E-state index in [1.165, 1.54) is 19.3 Å². The first-order valence-corrected chi connectivity index (χ1v) is 12.2. The van der Waals surface area contributed by atoms with Crippen LogP contribution in [0.1, 0.15) is 40.0 Å². The molecule has 0 amide bonds. The maximum absolute atomic E-state index is 7.65. The summed E-state index contributed by atoms with van der Waals surface area (Å²) in [6, 6.07) is 0. The van der Waals surface area contributed by atoms with E-state index in [1.54, 1.807) is 19.2 Å². The van der Waals surface area contributed by atoms with Crippen LogP contribution in [0.5, 0.6) is 0 Å². The standard InChI is InChI=1S/C27H40BrN5/c1-6-9-25(27(28)7-2)26(14-29)22(5)33-16-20(3)15-31-18-24(13-12-21(4)30)19-32-17-23-10-8-11-23/h6-7,9,12-15,18,23,30-33H,2,5,8,10-11,16-17,19,29H2,1,3-4H3/b9-6-,13-12-,20-15+,24-18+,26-14-,27-25+,30-21?. The lowest BCUT2D eigenvalue weighted by molar-refractivity contribution is 0.305. The molecule has 0 aromatic rings. The zero-order valence-electron chi connectivity index (χ0n) is 20.3. The number of nitrogens with two attached hydrogens (primary N) is 1. The van der Waals surface area contributed by atoms with E-state index < -0.39 is 0 Å². The van der Waals surface area contributed by atoms with Crippen molar-refractivity contribution >= 4 is 21.6 Å². The molecule has 6 heteroatoms. The third-order valence-electron chi connectivity index (χ3n) is 5.27. The fourth-order valence-electron chi connectivity index (χ4n) is 3.12. The first-order valence-electron chi connectivity index (χ1n) is 11.4. The van der Waals surface area contributed by atoms with E-state index in [-0.39, 0.29) is 0 Å². The van der Waals surface area contributed by atoms with Crippen molar-refractivity contribution in [1.29, 1.82) is 5.41 Å². The summed E-state index contributed by atoms with van der Waals surface area (Å²) in [5, 5.41) is 17.8. The van der Waals surface area contributed by atoms with Gasteiger partial charge < -0.3 is 27.1 Å². The predicted octanol–water partition coefficient (Wildman–Crippen LogP) is 5.71. The fourth-order valence-corrected chi connectivity index (χ4v) is 3.46. The normalized spacial score (nSPS) is 16.5. The Balaban J connectivity index is 2.70. The molecule has 0 saturated heterocycles. The Labute approximate surface area is 208 Å². The van der Waals surface area contributed by atoms with Crippen LogP contribution in [-0.4, -0.2) is 25.3 Å². The lowest BCUT2D eigenvalue weighted by Gasteiger charge is -2.25. The topological polar surface area (TPSA) is 86.0 Å². The Morgan fingerprint density at radius 1 is 1.15 bits per heavy atom. The Bertz CT molecular complexity index is 867. The van der Waals surface area contributed by atoms with Gasteiger partial charge in [0.15, 0.2) is 0 Å². The van der Waals surface area contributed by atoms with Crippen molar-refractivity contribution in [3.63, 3.8) is 0 Å². The molecule has 1 saturated carbocycles. The van der Waals surface area contributed by atoms with Crippen LogP contribution in [0.2, 0.25) is 0 Å². The molecule has 6 N–H and O–H groups in total. The lowest BCUT2D eigenvalue weighted by atomic mass is 9.85. The molecule has 0 spiro atoms. The van der Waals surface area contributed by atoms with Crippen LogP contribution in [0.25, 0.3) is 0 Å². The van der Waals surface area contributed by atoms with Crippen LogP contribution in [0.4, 0.5) is 0 Å². The largest absolute Gasteiger partial charge is 0.404 e. The van der Waals surface area contributed by atoms with E-state index in [2.05, 4.69) is 45.0 Å². The van der Waals surface area contributed by atoms with Gasteiger partial charge in [-0.1, -0.05) is 59.8 Å². The van der Waals surface area contributed by atoms with Crippen LogP contribution in [0.3, 0.4) is 0 Å². The molecule has 0 atom stereocenters. The summed E-state index contributed by atoms with van der Waals surface area (Å²) in [5.74, 6) is 0.816. The van der Waals surface area contributed by atoms with E-state index in [1.807, 2.05) is 50.6 Å². The van der Waals surface area contributed by atoms with E-state index >= 15 is 0 Å². The molecule has 0 bridgehead atoms. The maximum Gasteiger partial charge on any atom is 0.0374 e. The van der Waals surface area contributed by atoms with Crippen LogP contribution in [0.15, 0.2) is 94.6 Å². The second kappa shape index (κ2) is 16.1. The van der Waals surface area contributed by atoms with E-state index in [0.29, 0.717) is 12.3 Å². The minimum Gasteiger partial charge on any atom is -0.404 e. The second-order valence-corrected chi connectivity index (χ2v) is 9.05. The van der Waals surface area contributed by atoms with Crippen LogP contribution in [-0.2, 0) is 0 Å². The van der Waals surface area contributed by atoms with Gasteiger partial charge in [0.25, 0.3) is 0 Å². The SMILES string of the molecule is C=C/C(Br)=C(/C=C\C)C(=C/N)\C(=C)NC/C(C)=C/N/C=C(\C=C/C(C)=N)CNCC1CCC1. The van der Waals surface area contributed by atoms with Gasteiger partial charge in [-0.3, -0.25) is 0 Å². The Morgan fingerprint density at radius 3 is 2.42 bits per heavy atom. The van der Waals surface area contributed by atoms with Crippen LogP contribution >= 0.6 is 15.9 Å². The van der Waals surface area contributed by atoms with E-state index in [4.69, 9.17) is 11.1 Å². The number of hydrogen-bond acceptors (Lipinski definition) is 5. The second-order valence-electron chi connectivity index (χ2n) is 8.20.